The standard InChI is InChI=1S/C7H5F3OS.ClH.4FH/c8-7(9,10)11-12-6-4-2-1-3-5-6;;;;;/h1-5H;5*1H. The summed E-state index contributed by atoms with van der Waals surface area (Å²) in [5.41, 5.74) is 0. The fraction of sp³-hybridized carbons (Fsp3) is 0.143. The van der Waals surface area contributed by atoms with E-state index in [-0.39, 0.29) is 31.2 Å². The van der Waals surface area contributed by atoms with Gasteiger partial charge in [0, 0.05) is 16.9 Å². The Bertz CT molecular complexity index is 246. The number of hydrogen-bond donors (Lipinski definition) is 0. The van der Waals surface area contributed by atoms with Crippen LogP contribution in [0.15, 0.2) is 35.2 Å². The van der Waals surface area contributed by atoms with Gasteiger partial charge in [-0.15, -0.1) is 25.6 Å². The second-order valence-corrected chi connectivity index (χ2v) is 2.73. The number of benzene rings is 1. The Morgan fingerprint density at radius 2 is 1.29 bits per heavy atom. The van der Waals surface area contributed by atoms with Crippen molar-refractivity contribution in [3.63, 3.8) is 0 Å². The van der Waals surface area contributed by atoms with Crippen molar-refractivity contribution in [1.82, 2.24) is 0 Å². The highest BCUT2D eigenvalue weighted by Gasteiger charge is 2.30. The van der Waals surface area contributed by atoms with E-state index in [1.165, 1.54) is 12.1 Å². The molecule has 10 heteroatoms. The maximum Gasteiger partial charge on any atom is 0.533 e. The van der Waals surface area contributed by atoms with E-state index in [0.29, 0.717) is 16.9 Å². The molecule has 0 atom stereocenters. The van der Waals surface area contributed by atoms with Crippen LogP contribution < -0.4 is 0 Å². The van der Waals surface area contributed by atoms with Gasteiger partial charge in [-0.3, -0.25) is 18.8 Å². The zero-order chi connectivity index (χ0) is 9.03. The topological polar surface area (TPSA) is 9.23 Å². The Labute approximate surface area is 103 Å². The summed E-state index contributed by atoms with van der Waals surface area (Å²) in [6.45, 7) is 0. The third kappa shape index (κ3) is 15.3. The van der Waals surface area contributed by atoms with Gasteiger partial charge in [-0.1, -0.05) is 18.2 Å². The van der Waals surface area contributed by atoms with E-state index < -0.39 is 6.36 Å². The van der Waals surface area contributed by atoms with Crippen molar-refractivity contribution in [3.05, 3.63) is 30.3 Å². The zero-order valence-electron chi connectivity index (χ0n) is 7.88. The molecule has 17 heavy (non-hydrogen) atoms. The van der Waals surface area contributed by atoms with Crippen molar-refractivity contribution in [2.45, 2.75) is 11.3 Å². The molecule has 0 radical (unpaired) electrons. The molecule has 0 saturated heterocycles. The van der Waals surface area contributed by atoms with Crippen molar-refractivity contribution < 1.29 is 36.2 Å². The van der Waals surface area contributed by atoms with Gasteiger partial charge in [0.05, 0.1) is 0 Å². The molecule has 0 bridgehead atoms. The van der Waals surface area contributed by atoms with Crippen molar-refractivity contribution in [2.75, 3.05) is 0 Å². The molecule has 0 spiro atoms. The van der Waals surface area contributed by atoms with Crippen molar-refractivity contribution >= 4 is 24.4 Å². The minimum atomic E-state index is -4.58. The molecule has 1 rings (SSSR count). The predicted molar refractivity (Wildman–Crippen MR) is 56.7 cm³/mol. The molecule has 106 valence electrons. The fourth-order valence-electron chi connectivity index (χ4n) is 0.571. The second-order valence-electron chi connectivity index (χ2n) is 1.93. The van der Waals surface area contributed by atoms with E-state index >= 15 is 0 Å². The van der Waals surface area contributed by atoms with Gasteiger partial charge in [0.2, 0.25) is 0 Å². The third-order valence-corrected chi connectivity index (χ3v) is 1.71. The number of hydrogen-bond acceptors (Lipinski definition) is 2. The lowest BCUT2D eigenvalue weighted by Crippen LogP contribution is -2.07. The highest BCUT2D eigenvalue weighted by molar-refractivity contribution is 7.94. The summed E-state index contributed by atoms with van der Waals surface area (Å²) in [6, 6.07) is 8.08. The van der Waals surface area contributed by atoms with Crippen LogP contribution >= 0.6 is 24.4 Å². The van der Waals surface area contributed by atoms with Crippen LogP contribution in [0.1, 0.15) is 0 Å². The van der Waals surface area contributed by atoms with Crippen LogP contribution in [0.4, 0.5) is 32.0 Å². The van der Waals surface area contributed by atoms with Crippen LogP contribution in [-0.2, 0) is 4.18 Å². The van der Waals surface area contributed by atoms with Crippen LogP contribution in [0.3, 0.4) is 0 Å². The molecule has 0 aliphatic rings. The summed E-state index contributed by atoms with van der Waals surface area (Å²) < 4.78 is 38.0. The van der Waals surface area contributed by atoms with Crippen LogP contribution in [0.5, 0.6) is 0 Å². The largest absolute Gasteiger partial charge is 0.533 e. The number of halogens is 8. The van der Waals surface area contributed by atoms with Crippen LogP contribution in [-0.4, -0.2) is 6.36 Å². The molecule has 0 fully saturated rings. The van der Waals surface area contributed by atoms with Gasteiger partial charge >= 0.3 is 6.36 Å². The Hall–Kier alpha value is -0.670. The highest BCUT2D eigenvalue weighted by Crippen LogP contribution is 2.28. The Morgan fingerprint density at radius 3 is 1.65 bits per heavy atom. The smallest absolute Gasteiger partial charge is 0.269 e. The number of alkyl halides is 3. The van der Waals surface area contributed by atoms with Gasteiger partial charge in [0.25, 0.3) is 0 Å². The summed E-state index contributed by atoms with van der Waals surface area (Å²) in [5.74, 6) is 0. The second kappa shape index (κ2) is 13.4. The predicted octanol–water partition coefficient (Wildman–Crippen LogP) is 4.26. The molecular weight excluding hydrogens is 301 g/mol. The Morgan fingerprint density at radius 1 is 0.882 bits per heavy atom. The molecule has 0 aromatic heterocycles. The van der Waals surface area contributed by atoms with E-state index in [4.69, 9.17) is 0 Å². The Balaban J connectivity index is -0.0000000960. The van der Waals surface area contributed by atoms with Crippen LogP contribution in [0.2, 0.25) is 0 Å². The van der Waals surface area contributed by atoms with Crippen molar-refractivity contribution in [3.8, 4) is 0 Å². The molecule has 0 aliphatic carbocycles. The minimum absolute atomic E-state index is 0. The highest BCUT2D eigenvalue weighted by atomic mass is 35.5. The van der Waals surface area contributed by atoms with Gasteiger partial charge in [0.1, 0.15) is 0 Å². The summed E-state index contributed by atoms with van der Waals surface area (Å²) in [4.78, 5) is 0.426. The molecule has 1 nitrogen and oxygen atoms in total. The van der Waals surface area contributed by atoms with Crippen LogP contribution in [0, 0.1) is 0 Å². The molecule has 0 saturated carbocycles. The van der Waals surface area contributed by atoms with E-state index in [9.17, 15) is 13.2 Å². The van der Waals surface area contributed by atoms with E-state index in [1.807, 2.05) is 0 Å². The van der Waals surface area contributed by atoms with Gasteiger partial charge in [0.15, 0.2) is 0 Å². The SMILES string of the molecule is Cl.F.F.F.F.FC(F)(F)OSc1ccccc1. The summed E-state index contributed by atoms with van der Waals surface area (Å²) in [6.07, 6.45) is -4.58. The first kappa shape index (κ1) is 29.9. The van der Waals surface area contributed by atoms with Crippen LogP contribution in [0.25, 0.3) is 0 Å². The first-order valence-corrected chi connectivity index (χ1v) is 3.79. The molecule has 1 aromatic rings. The first-order valence-electron chi connectivity index (χ1n) is 3.05. The van der Waals surface area contributed by atoms with Gasteiger partial charge in [-0.05, 0) is 12.1 Å². The lowest BCUT2D eigenvalue weighted by Gasteiger charge is -2.04. The molecular formula is C7H10ClF7OS. The maximum atomic E-state index is 11.5. The fourth-order valence-corrected chi connectivity index (χ4v) is 1.03. The molecule has 0 heterocycles. The Kier molecular flexibility index (Phi) is 23.6. The van der Waals surface area contributed by atoms with Gasteiger partial charge in [-0.2, -0.15) is 0 Å². The van der Waals surface area contributed by atoms with E-state index in [2.05, 4.69) is 4.18 Å². The molecule has 0 amide bonds. The molecule has 0 N–H and O–H groups in total. The van der Waals surface area contributed by atoms with Gasteiger partial charge < -0.3 is 0 Å². The number of rotatable bonds is 2. The summed E-state index contributed by atoms with van der Waals surface area (Å²) in [5, 5.41) is 0. The molecule has 0 unspecified atom stereocenters. The molecule has 1 aromatic carbocycles. The minimum Gasteiger partial charge on any atom is -0.269 e. The normalized spacial score (nSPS) is 8.18. The molecule has 0 aliphatic heterocycles. The lowest BCUT2D eigenvalue weighted by molar-refractivity contribution is -0.266. The van der Waals surface area contributed by atoms with Crippen molar-refractivity contribution in [1.29, 1.82) is 0 Å². The monoisotopic (exact) mass is 310 g/mol. The van der Waals surface area contributed by atoms with Gasteiger partial charge in [-0.25, -0.2) is 4.18 Å². The third-order valence-electron chi connectivity index (χ3n) is 0.976. The van der Waals surface area contributed by atoms with E-state index in [0.717, 1.165) is 0 Å². The average molecular weight is 311 g/mol. The van der Waals surface area contributed by atoms with Crippen molar-refractivity contribution in [2.24, 2.45) is 0 Å². The average Bonchev–Trinajstić information content (AvgIpc) is 2.02. The zero-order valence-corrected chi connectivity index (χ0v) is 9.51. The summed E-state index contributed by atoms with van der Waals surface area (Å²) in [7, 11) is 0. The first-order chi connectivity index (χ1) is 5.58. The maximum absolute atomic E-state index is 11.5. The quantitative estimate of drug-likeness (QED) is 0.596. The summed E-state index contributed by atoms with van der Waals surface area (Å²) >= 11 is 0.302. The van der Waals surface area contributed by atoms with E-state index in [1.54, 1.807) is 18.2 Å². The lowest BCUT2D eigenvalue weighted by atomic mass is 10.4.